The Balaban J connectivity index is 2.81. The molecule has 12 heavy (non-hydrogen) atoms. The molecule has 0 atom stereocenters. The molecular formula is C8H5BrClNO. The highest BCUT2D eigenvalue weighted by molar-refractivity contribution is 9.10. The van der Waals surface area contributed by atoms with Crippen LogP contribution in [0.15, 0.2) is 16.7 Å². The molecule has 0 aliphatic rings. The van der Waals surface area contributed by atoms with E-state index in [0.29, 0.717) is 10.9 Å². The van der Waals surface area contributed by atoms with Gasteiger partial charge in [-0.05, 0) is 22.0 Å². The van der Waals surface area contributed by atoms with Gasteiger partial charge in [-0.3, -0.25) is 0 Å². The Kier molecular flexibility index (Phi) is 3.39. The Morgan fingerprint density at radius 1 is 1.75 bits per heavy atom. The van der Waals surface area contributed by atoms with Crippen LogP contribution in [0.25, 0.3) is 0 Å². The van der Waals surface area contributed by atoms with Crippen molar-refractivity contribution in [2.24, 2.45) is 0 Å². The summed E-state index contributed by atoms with van der Waals surface area (Å²) >= 11 is 9.00. The highest BCUT2D eigenvalue weighted by Gasteiger charge is 2.01. The van der Waals surface area contributed by atoms with Gasteiger partial charge >= 0.3 is 0 Å². The lowest BCUT2D eigenvalue weighted by molar-refractivity contribution is 0.355. The van der Waals surface area contributed by atoms with E-state index < -0.39 is 0 Å². The average molecular weight is 246 g/mol. The molecule has 0 radical (unpaired) electrons. The van der Waals surface area contributed by atoms with Gasteiger partial charge in [-0.2, -0.15) is 0 Å². The first-order valence-electron chi connectivity index (χ1n) is 3.11. The maximum absolute atomic E-state index is 5.78. The molecule has 0 N–H and O–H groups in total. The van der Waals surface area contributed by atoms with Gasteiger partial charge in [0.1, 0.15) is 5.02 Å². The standard InChI is InChI=1S/C8H5BrClNO/c1-2-3-12-8-7(10)4-6(9)5-11-8/h1,4-5H,3H2. The lowest BCUT2D eigenvalue weighted by Gasteiger charge is -2.02. The van der Waals surface area contributed by atoms with Crippen LogP contribution in [0, 0.1) is 12.3 Å². The Morgan fingerprint density at radius 3 is 3.08 bits per heavy atom. The first-order valence-corrected chi connectivity index (χ1v) is 4.28. The first-order chi connectivity index (χ1) is 5.74. The van der Waals surface area contributed by atoms with Crippen molar-refractivity contribution in [2.75, 3.05) is 6.61 Å². The molecule has 0 aliphatic carbocycles. The quantitative estimate of drug-likeness (QED) is 0.748. The van der Waals surface area contributed by atoms with Crippen molar-refractivity contribution in [2.45, 2.75) is 0 Å². The van der Waals surface area contributed by atoms with E-state index in [0.717, 1.165) is 4.47 Å². The van der Waals surface area contributed by atoms with Crippen LogP contribution in [0.5, 0.6) is 5.88 Å². The van der Waals surface area contributed by atoms with Crippen LogP contribution < -0.4 is 4.74 Å². The third kappa shape index (κ3) is 2.40. The van der Waals surface area contributed by atoms with Crippen LogP contribution in [-0.4, -0.2) is 11.6 Å². The lowest BCUT2D eigenvalue weighted by Crippen LogP contribution is -1.96. The summed E-state index contributed by atoms with van der Waals surface area (Å²) in [6.45, 7) is 0.175. The molecule has 0 saturated carbocycles. The molecule has 1 heterocycles. The Bertz CT molecular complexity index is 321. The minimum atomic E-state index is 0.175. The molecule has 4 heteroatoms. The normalized spacial score (nSPS) is 9.08. The predicted molar refractivity (Wildman–Crippen MR) is 51.3 cm³/mol. The van der Waals surface area contributed by atoms with Gasteiger partial charge < -0.3 is 4.74 Å². The zero-order valence-corrected chi connectivity index (χ0v) is 8.39. The third-order valence-electron chi connectivity index (χ3n) is 1.07. The number of aromatic nitrogens is 1. The minimum Gasteiger partial charge on any atom is -0.463 e. The van der Waals surface area contributed by atoms with Crippen LogP contribution in [0.2, 0.25) is 5.02 Å². The highest BCUT2D eigenvalue weighted by Crippen LogP contribution is 2.24. The summed E-state index contributed by atoms with van der Waals surface area (Å²) in [4.78, 5) is 3.92. The monoisotopic (exact) mass is 245 g/mol. The fourth-order valence-corrected chi connectivity index (χ4v) is 1.30. The molecule has 0 fully saturated rings. The van der Waals surface area contributed by atoms with Crippen molar-refractivity contribution >= 4 is 27.5 Å². The van der Waals surface area contributed by atoms with E-state index in [1.54, 1.807) is 12.3 Å². The second-order valence-electron chi connectivity index (χ2n) is 1.93. The van der Waals surface area contributed by atoms with Gasteiger partial charge in [0.2, 0.25) is 5.88 Å². The number of hydrogen-bond acceptors (Lipinski definition) is 2. The van der Waals surface area contributed by atoms with E-state index in [-0.39, 0.29) is 6.61 Å². The number of terminal acetylenes is 1. The van der Waals surface area contributed by atoms with E-state index in [2.05, 4.69) is 26.8 Å². The van der Waals surface area contributed by atoms with Gasteiger partial charge in [-0.1, -0.05) is 17.5 Å². The maximum Gasteiger partial charge on any atom is 0.233 e. The van der Waals surface area contributed by atoms with Crippen molar-refractivity contribution in [1.82, 2.24) is 4.98 Å². The number of nitrogens with zero attached hydrogens (tertiary/aromatic N) is 1. The molecule has 0 amide bonds. The van der Waals surface area contributed by atoms with Crippen LogP contribution in [0.4, 0.5) is 0 Å². The van der Waals surface area contributed by atoms with Gasteiger partial charge in [-0.15, -0.1) is 6.42 Å². The van der Waals surface area contributed by atoms with E-state index in [1.165, 1.54) is 0 Å². The van der Waals surface area contributed by atoms with Crippen LogP contribution in [0.1, 0.15) is 0 Å². The smallest absolute Gasteiger partial charge is 0.233 e. The molecule has 62 valence electrons. The van der Waals surface area contributed by atoms with Crippen LogP contribution in [-0.2, 0) is 0 Å². The summed E-state index contributed by atoms with van der Waals surface area (Å²) in [6, 6.07) is 1.69. The van der Waals surface area contributed by atoms with Gasteiger partial charge in [0.15, 0.2) is 6.61 Å². The molecule has 2 nitrogen and oxygen atoms in total. The summed E-state index contributed by atoms with van der Waals surface area (Å²) in [5.74, 6) is 2.68. The highest BCUT2D eigenvalue weighted by atomic mass is 79.9. The van der Waals surface area contributed by atoms with E-state index >= 15 is 0 Å². The molecule has 1 rings (SSSR count). The minimum absolute atomic E-state index is 0.175. The molecule has 0 aromatic carbocycles. The summed E-state index contributed by atoms with van der Waals surface area (Å²) in [6.07, 6.45) is 6.60. The predicted octanol–water partition coefficient (Wildman–Crippen LogP) is 2.51. The summed E-state index contributed by atoms with van der Waals surface area (Å²) < 4.78 is 5.85. The van der Waals surface area contributed by atoms with E-state index in [1.807, 2.05) is 0 Å². The molecule has 0 aliphatic heterocycles. The molecule has 0 bridgehead atoms. The Hall–Kier alpha value is -0.720. The van der Waals surface area contributed by atoms with Crippen molar-refractivity contribution in [1.29, 1.82) is 0 Å². The Morgan fingerprint density at radius 2 is 2.50 bits per heavy atom. The molecular weight excluding hydrogens is 241 g/mol. The van der Waals surface area contributed by atoms with E-state index in [9.17, 15) is 0 Å². The van der Waals surface area contributed by atoms with Gasteiger partial charge in [0, 0.05) is 10.7 Å². The third-order valence-corrected chi connectivity index (χ3v) is 1.77. The number of rotatable bonds is 2. The average Bonchev–Trinajstić information content (AvgIpc) is 2.03. The largest absolute Gasteiger partial charge is 0.463 e. The first kappa shape index (κ1) is 9.37. The number of ether oxygens (including phenoxy) is 1. The fourth-order valence-electron chi connectivity index (χ4n) is 0.618. The van der Waals surface area contributed by atoms with Crippen molar-refractivity contribution < 1.29 is 4.74 Å². The molecule has 1 aromatic heterocycles. The summed E-state index contributed by atoms with van der Waals surface area (Å²) in [5, 5.41) is 0.444. The molecule has 0 saturated heterocycles. The molecule has 0 unspecified atom stereocenters. The Labute approximate surface area is 84.0 Å². The number of pyridine rings is 1. The summed E-state index contributed by atoms with van der Waals surface area (Å²) in [5.41, 5.74) is 0. The number of hydrogen-bond donors (Lipinski definition) is 0. The number of halogens is 2. The van der Waals surface area contributed by atoms with E-state index in [4.69, 9.17) is 22.8 Å². The van der Waals surface area contributed by atoms with Gasteiger partial charge in [-0.25, -0.2) is 4.98 Å². The SMILES string of the molecule is C#CCOc1ncc(Br)cc1Cl. The van der Waals surface area contributed by atoms with Crippen molar-refractivity contribution in [3.63, 3.8) is 0 Å². The van der Waals surface area contributed by atoms with Crippen molar-refractivity contribution in [3.05, 3.63) is 21.8 Å². The van der Waals surface area contributed by atoms with Crippen LogP contribution >= 0.6 is 27.5 Å². The van der Waals surface area contributed by atoms with Gasteiger partial charge in [0.25, 0.3) is 0 Å². The molecule has 1 aromatic rings. The topological polar surface area (TPSA) is 22.1 Å². The van der Waals surface area contributed by atoms with Crippen molar-refractivity contribution in [3.8, 4) is 18.2 Å². The van der Waals surface area contributed by atoms with Crippen LogP contribution in [0.3, 0.4) is 0 Å². The second kappa shape index (κ2) is 4.34. The zero-order valence-electron chi connectivity index (χ0n) is 6.05. The lowest BCUT2D eigenvalue weighted by atomic mass is 10.5. The zero-order chi connectivity index (χ0) is 8.97. The summed E-state index contributed by atoms with van der Waals surface area (Å²) in [7, 11) is 0. The second-order valence-corrected chi connectivity index (χ2v) is 3.26. The maximum atomic E-state index is 5.78. The molecule has 0 spiro atoms. The van der Waals surface area contributed by atoms with Gasteiger partial charge in [0.05, 0.1) is 0 Å². The fraction of sp³-hybridized carbons (Fsp3) is 0.125.